The zero-order valence-electron chi connectivity index (χ0n) is 28.1. The highest BCUT2D eigenvalue weighted by Gasteiger charge is 2.55. The normalized spacial score (nSPS) is 32.6. The molecule has 2 unspecified atom stereocenters. The van der Waals surface area contributed by atoms with E-state index in [2.05, 4.69) is 15.3 Å². The number of rotatable bonds is 3. The number of Topliss-reactive ketones (excluding diaryl/α,β-unsaturated/α-hetero) is 1. The van der Waals surface area contributed by atoms with Gasteiger partial charge in [0.1, 0.15) is 24.0 Å². The molecule has 6 rings (SSSR count). The molecule has 3 fully saturated rings. The number of hydrogen-bond acceptors (Lipinski definition) is 8. The number of benzene rings is 1. The minimum absolute atomic E-state index is 0.0642. The first kappa shape index (κ1) is 33.3. The topological polar surface area (TPSA) is 120 Å². The lowest BCUT2D eigenvalue weighted by Gasteiger charge is -2.35. The summed E-state index contributed by atoms with van der Waals surface area (Å²) in [5.74, 6) is -3.48. The van der Waals surface area contributed by atoms with Crippen molar-refractivity contribution in [1.82, 2.24) is 20.2 Å². The highest BCUT2D eigenvalue weighted by Crippen LogP contribution is 2.58. The summed E-state index contributed by atoms with van der Waals surface area (Å²) in [5, 5.41) is 2.83. The summed E-state index contributed by atoms with van der Waals surface area (Å²) in [6, 6.07) is 3.00. The van der Waals surface area contributed by atoms with Crippen molar-refractivity contribution in [2.45, 2.75) is 110 Å². The van der Waals surface area contributed by atoms with E-state index in [1.807, 2.05) is 27.7 Å². The van der Waals surface area contributed by atoms with Crippen molar-refractivity contribution in [1.29, 1.82) is 0 Å². The predicted molar refractivity (Wildman–Crippen MR) is 169 cm³/mol. The van der Waals surface area contributed by atoms with Gasteiger partial charge in [-0.1, -0.05) is 34.1 Å². The molecular formula is C35H46F2N4O6. The first-order valence-corrected chi connectivity index (χ1v) is 17.0. The van der Waals surface area contributed by atoms with Crippen LogP contribution in [0, 0.1) is 29.1 Å². The number of hydrogen-bond donors (Lipinski definition) is 1. The van der Waals surface area contributed by atoms with Crippen LogP contribution in [0.2, 0.25) is 0 Å². The fourth-order valence-corrected chi connectivity index (χ4v) is 7.96. The van der Waals surface area contributed by atoms with Crippen molar-refractivity contribution in [3.8, 4) is 11.6 Å². The van der Waals surface area contributed by atoms with E-state index in [0.717, 1.165) is 12.8 Å². The molecule has 3 heterocycles. The lowest BCUT2D eigenvalue weighted by Crippen LogP contribution is -2.57. The summed E-state index contributed by atoms with van der Waals surface area (Å²) < 4.78 is 50.1. The van der Waals surface area contributed by atoms with Crippen LogP contribution in [0.3, 0.4) is 0 Å². The molecular weight excluding hydrogens is 610 g/mol. The maximum Gasteiger partial charge on any atom is 0.408 e. The number of fused-ring (bicyclic) bond motifs is 7. The monoisotopic (exact) mass is 656 g/mol. The molecule has 2 aliphatic carbocycles. The maximum absolute atomic E-state index is 16.1. The Kier molecular flexibility index (Phi) is 8.84. The van der Waals surface area contributed by atoms with Gasteiger partial charge in [0.05, 0.1) is 30.2 Å². The smallest absolute Gasteiger partial charge is 0.408 e. The Morgan fingerprint density at radius 2 is 1.85 bits per heavy atom. The average Bonchev–Trinajstić information content (AvgIpc) is 3.56. The molecule has 8 atom stereocenters. The van der Waals surface area contributed by atoms with E-state index >= 15 is 8.78 Å². The fourth-order valence-electron chi connectivity index (χ4n) is 7.96. The van der Waals surface area contributed by atoms with E-state index in [1.165, 1.54) is 11.8 Å². The van der Waals surface area contributed by atoms with Crippen LogP contribution in [0.1, 0.15) is 85.8 Å². The standard InChI is InChI=1S/C35H46F2N4O6/c1-7-45-21-11-12-24-25(16-21)39-31-29(38-24)35(36,37)13-9-8-10-22-23-14-20(23)15-26(22)47-33(44)40-30(34(4,5)6)32(43)41-17-27(46-31)18(2)28(41)19(3)42/h11-12,16,18,20,22-23,26-28,30H,7-10,13-15,17H2,1-6H3,(H,40,44)/t18-,20?,22-,23?,26-,27+,28+,30-/m1/s1. The van der Waals surface area contributed by atoms with Crippen molar-refractivity contribution >= 4 is 28.8 Å². The van der Waals surface area contributed by atoms with Gasteiger partial charge < -0.3 is 24.4 Å². The van der Waals surface area contributed by atoms with Crippen molar-refractivity contribution < 1.29 is 37.4 Å². The van der Waals surface area contributed by atoms with E-state index in [9.17, 15) is 14.4 Å². The number of halogens is 2. The minimum atomic E-state index is -3.36. The van der Waals surface area contributed by atoms with Crippen LogP contribution >= 0.6 is 0 Å². The van der Waals surface area contributed by atoms with Crippen LogP contribution in [0.4, 0.5) is 13.6 Å². The number of nitrogens with one attached hydrogen (secondary N) is 1. The molecule has 10 nitrogen and oxygen atoms in total. The summed E-state index contributed by atoms with van der Waals surface area (Å²) in [5.41, 5.74) is -0.675. The maximum atomic E-state index is 16.1. The third kappa shape index (κ3) is 6.61. The molecule has 1 N–H and O–H groups in total. The molecule has 0 spiro atoms. The van der Waals surface area contributed by atoms with Crippen molar-refractivity contribution in [3.63, 3.8) is 0 Å². The lowest BCUT2D eigenvalue weighted by molar-refractivity contribution is -0.141. The first-order chi connectivity index (χ1) is 22.2. The Balaban J connectivity index is 1.41. The Morgan fingerprint density at radius 1 is 1.09 bits per heavy atom. The van der Waals surface area contributed by atoms with Crippen molar-refractivity contribution in [2.75, 3.05) is 13.2 Å². The number of alkyl carbamates (subject to hydrolysis) is 1. The van der Waals surface area contributed by atoms with E-state index in [-0.39, 0.29) is 42.2 Å². The molecule has 1 saturated heterocycles. The molecule has 2 amide bonds. The predicted octanol–water partition coefficient (Wildman–Crippen LogP) is 6.04. The molecule has 4 aliphatic rings. The van der Waals surface area contributed by atoms with Gasteiger partial charge in [0.2, 0.25) is 11.8 Å². The summed E-state index contributed by atoms with van der Waals surface area (Å²) in [6.07, 6.45) is 0.932. The van der Waals surface area contributed by atoms with Crippen LogP contribution in [-0.4, -0.2) is 70.1 Å². The Labute approximate surface area is 274 Å². The SMILES string of the molecule is CCOc1ccc2nc3c(nc2c1)O[C@H]1CN(C(=O)[C@H](C(C)(C)C)NC(=O)O[C@@H]2CC4CC4[C@H]2CCCCC3(F)F)[C@H](C(C)=O)[C@@H]1C. The number of amides is 2. The van der Waals surface area contributed by atoms with Gasteiger partial charge in [-0.15, -0.1) is 0 Å². The number of nitrogens with zero attached hydrogens (tertiary/aromatic N) is 3. The van der Waals surface area contributed by atoms with E-state index < -0.39 is 59.6 Å². The second kappa shape index (κ2) is 12.5. The molecule has 2 aliphatic heterocycles. The number of ether oxygens (including phenoxy) is 3. The molecule has 1 aromatic heterocycles. The highest BCUT2D eigenvalue weighted by molar-refractivity contribution is 5.92. The van der Waals surface area contributed by atoms with E-state index in [1.54, 1.807) is 25.1 Å². The van der Waals surface area contributed by atoms with Crippen molar-refractivity contribution in [2.24, 2.45) is 29.1 Å². The van der Waals surface area contributed by atoms with Crippen LogP contribution in [-0.2, 0) is 20.2 Å². The number of carbonyl (C=O) groups is 3. The van der Waals surface area contributed by atoms with Gasteiger partial charge >= 0.3 is 6.09 Å². The highest BCUT2D eigenvalue weighted by atomic mass is 19.3. The lowest BCUT2D eigenvalue weighted by atomic mass is 9.85. The van der Waals surface area contributed by atoms with Gasteiger partial charge in [-0.05, 0) is 74.8 Å². The minimum Gasteiger partial charge on any atom is -0.494 e. The van der Waals surface area contributed by atoms with Crippen LogP contribution < -0.4 is 14.8 Å². The van der Waals surface area contributed by atoms with Gasteiger partial charge in [-0.25, -0.2) is 14.8 Å². The molecule has 1 aromatic carbocycles. The molecule has 2 saturated carbocycles. The third-order valence-corrected chi connectivity index (χ3v) is 10.5. The summed E-state index contributed by atoms with van der Waals surface area (Å²) in [7, 11) is 0. The number of carbonyl (C=O) groups excluding carboxylic acids is 3. The van der Waals surface area contributed by atoms with Crippen LogP contribution in [0.15, 0.2) is 18.2 Å². The van der Waals surface area contributed by atoms with E-state index in [4.69, 9.17) is 14.2 Å². The molecule has 47 heavy (non-hydrogen) atoms. The number of ketones is 1. The molecule has 256 valence electrons. The second-order valence-electron chi connectivity index (χ2n) is 14.9. The second-order valence-corrected chi connectivity index (χ2v) is 14.9. The molecule has 12 heteroatoms. The van der Waals surface area contributed by atoms with Crippen molar-refractivity contribution in [3.05, 3.63) is 23.9 Å². The van der Waals surface area contributed by atoms with Crippen LogP contribution in [0.25, 0.3) is 11.0 Å². The fraction of sp³-hybridized carbons (Fsp3) is 0.686. The third-order valence-electron chi connectivity index (χ3n) is 10.5. The summed E-state index contributed by atoms with van der Waals surface area (Å²) in [6.45, 7) is 10.8. The largest absolute Gasteiger partial charge is 0.494 e. The number of alkyl halides is 2. The van der Waals surface area contributed by atoms with Gasteiger partial charge in [0, 0.05) is 18.4 Å². The first-order valence-electron chi connectivity index (χ1n) is 17.0. The number of aromatic nitrogens is 2. The molecule has 2 aromatic rings. The van der Waals surface area contributed by atoms with Crippen LogP contribution in [0.5, 0.6) is 11.6 Å². The molecule has 2 bridgehead atoms. The quantitative estimate of drug-likeness (QED) is 0.425. The zero-order valence-corrected chi connectivity index (χ0v) is 28.1. The average molecular weight is 657 g/mol. The zero-order chi connectivity index (χ0) is 33.8. The summed E-state index contributed by atoms with van der Waals surface area (Å²) >= 11 is 0. The van der Waals surface area contributed by atoms with Gasteiger partial charge in [0.15, 0.2) is 11.5 Å². The summed E-state index contributed by atoms with van der Waals surface area (Å²) in [4.78, 5) is 50.9. The van der Waals surface area contributed by atoms with Gasteiger partial charge in [0.25, 0.3) is 5.92 Å². The van der Waals surface area contributed by atoms with Gasteiger partial charge in [-0.3, -0.25) is 9.59 Å². The Hall–Kier alpha value is -3.57. The Morgan fingerprint density at radius 3 is 2.55 bits per heavy atom. The Bertz CT molecular complexity index is 1550. The molecule has 0 radical (unpaired) electrons. The van der Waals surface area contributed by atoms with E-state index in [0.29, 0.717) is 42.6 Å². The van der Waals surface area contributed by atoms with Gasteiger partial charge in [-0.2, -0.15) is 8.78 Å².